The van der Waals surface area contributed by atoms with Crippen LogP contribution >= 0.6 is 0 Å². The van der Waals surface area contributed by atoms with Crippen molar-refractivity contribution in [3.63, 3.8) is 0 Å². The first-order valence-corrected chi connectivity index (χ1v) is 12.6. The highest BCUT2D eigenvalue weighted by Gasteiger charge is 2.40. The van der Waals surface area contributed by atoms with E-state index < -0.39 is 67.0 Å². The maximum absolute atomic E-state index is 14.8. The molecule has 4 N–H and O–H groups in total. The van der Waals surface area contributed by atoms with Gasteiger partial charge in [0.15, 0.2) is 0 Å². The van der Waals surface area contributed by atoms with Crippen molar-refractivity contribution in [1.29, 1.82) is 5.26 Å². The van der Waals surface area contributed by atoms with E-state index in [4.69, 9.17) is 5.73 Å². The summed E-state index contributed by atoms with van der Waals surface area (Å²) in [5.41, 5.74) is 6.36. The summed E-state index contributed by atoms with van der Waals surface area (Å²) in [6, 6.07) is 19.8. The van der Waals surface area contributed by atoms with Crippen molar-refractivity contribution in [1.82, 2.24) is 5.32 Å². The molecule has 0 saturated carbocycles. The summed E-state index contributed by atoms with van der Waals surface area (Å²) in [5, 5.41) is 14.5. The number of hydrogen-bond donors (Lipinski definition) is 3. The molecule has 0 aliphatic carbocycles. The lowest BCUT2D eigenvalue weighted by Crippen LogP contribution is -2.50. The molecule has 0 fully saturated rings. The molecule has 3 aromatic rings. The van der Waals surface area contributed by atoms with Crippen LogP contribution in [0.3, 0.4) is 0 Å². The second kappa shape index (κ2) is 12.1. The van der Waals surface area contributed by atoms with E-state index in [9.17, 15) is 37.2 Å². The van der Waals surface area contributed by atoms with Gasteiger partial charge in [-0.1, -0.05) is 42.5 Å². The molecule has 0 radical (unpaired) electrons. The Morgan fingerprint density at radius 1 is 1.10 bits per heavy atom. The van der Waals surface area contributed by atoms with Crippen LogP contribution in [-0.2, 0) is 14.4 Å². The van der Waals surface area contributed by atoms with Crippen LogP contribution in [-0.4, -0.2) is 30.1 Å². The Bertz CT molecular complexity index is 1490. The van der Waals surface area contributed by atoms with Crippen molar-refractivity contribution in [3.05, 3.63) is 89.7 Å². The normalized spacial score (nSPS) is 16.4. The average Bonchev–Trinajstić information content (AvgIpc) is 3.06. The van der Waals surface area contributed by atoms with Gasteiger partial charge in [0.2, 0.25) is 17.7 Å². The van der Waals surface area contributed by atoms with Crippen LogP contribution < -0.4 is 21.3 Å². The number of fused-ring (bicyclic) bond motifs is 1. The number of nitrogens with two attached hydrogens (primary N) is 1. The summed E-state index contributed by atoms with van der Waals surface area (Å²) in [5.74, 6) is -6.35. The first-order valence-electron chi connectivity index (χ1n) is 12.6. The number of hydrogen-bond acceptors (Lipinski definition) is 5. The predicted octanol–water partition coefficient (Wildman–Crippen LogP) is 4.85. The molecule has 3 amide bonds. The quantitative estimate of drug-likeness (QED) is 0.336. The molecular formula is C29H25F4N5O3. The molecule has 3 aromatic carbocycles. The lowest BCUT2D eigenvalue weighted by molar-refractivity contribution is -0.144. The lowest BCUT2D eigenvalue weighted by atomic mass is 9.81. The summed E-state index contributed by atoms with van der Waals surface area (Å²) >= 11 is 0. The van der Waals surface area contributed by atoms with E-state index in [1.165, 1.54) is 41.3 Å². The highest BCUT2D eigenvalue weighted by molar-refractivity contribution is 5.99. The fourth-order valence-electron chi connectivity index (χ4n) is 4.92. The van der Waals surface area contributed by atoms with Gasteiger partial charge in [0.05, 0.1) is 35.6 Å². The molecule has 41 heavy (non-hydrogen) atoms. The van der Waals surface area contributed by atoms with Crippen LogP contribution in [0.4, 0.5) is 34.6 Å². The third-order valence-corrected chi connectivity index (χ3v) is 6.71. The number of benzene rings is 3. The smallest absolute Gasteiger partial charge is 0.369 e. The third kappa shape index (κ3) is 6.81. The van der Waals surface area contributed by atoms with Crippen molar-refractivity contribution in [2.24, 2.45) is 11.7 Å². The van der Waals surface area contributed by atoms with Crippen LogP contribution in [0.5, 0.6) is 0 Å². The van der Waals surface area contributed by atoms with Crippen molar-refractivity contribution in [2.45, 2.75) is 37.5 Å². The van der Waals surface area contributed by atoms with Gasteiger partial charge in [0.1, 0.15) is 17.7 Å². The summed E-state index contributed by atoms with van der Waals surface area (Å²) in [4.78, 5) is 40.6. The molecule has 12 heteroatoms. The van der Waals surface area contributed by atoms with Crippen LogP contribution in [0, 0.1) is 23.1 Å². The number of alkyl halides is 3. The minimum atomic E-state index is -4.63. The van der Waals surface area contributed by atoms with Gasteiger partial charge < -0.3 is 21.3 Å². The van der Waals surface area contributed by atoms with Gasteiger partial charge in [-0.25, -0.2) is 4.39 Å². The Kier molecular flexibility index (Phi) is 8.56. The number of amides is 3. The SMILES string of the molecule is N#Cc1cccc(N2c3cccc(F)c3NC(=O)CC2NC(=O)[C@H](CCC(F)(F)F)[C@@H](C(N)=O)c2ccccc2)c1. The van der Waals surface area contributed by atoms with E-state index in [0.29, 0.717) is 5.69 Å². The molecular weight excluding hydrogens is 542 g/mol. The Morgan fingerprint density at radius 2 is 1.80 bits per heavy atom. The van der Waals surface area contributed by atoms with Crippen molar-refractivity contribution >= 4 is 34.8 Å². The van der Waals surface area contributed by atoms with Crippen molar-refractivity contribution in [3.8, 4) is 6.07 Å². The van der Waals surface area contributed by atoms with E-state index >= 15 is 0 Å². The number of nitrogens with one attached hydrogen (secondary N) is 2. The Balaban J connectivity index is 1.79. The van der Waals surface area contributed by atoms with Gasteiger partial charge in [-0.3, -0.25) is 14.4 Å². The minimum absolute atomic E-state index is 0.137. The molecule has 8 nitrogen and oxygen atoms in total. The van der Waals surface area contributed by atoms with Crippen LogP contribution in [0.25, 0.3) is 0 Å². The second-order valence-corrected chi connectivity index (χ2v) is 9.49. The number of carbonyl (C=O) groups excluding carboxylic acids is 3. The number of carbonyl (C=O) groups is 3. The predicted molar refractivity (Wildman–Crippen MR) is 142 cm³/mol. The van der Waals surface area contributed by atoms with Gasteiger partial charge in [-0.15, -0.1) is 0 Å². The summed E-state index contributed by atoms with van der Waals surface area (Å²) < 4.78 is 54.7. The maximum Gasteiger partial charge on any atom is 0.389 e. The Morgan fingerprint density at radius 3 is 2.46 bits per heavy atom. The zero-order valence-corrected chi connectivity index (χ0v) is 21.5. The van der Waals surface area contributed by atoms with E-state index in [2.05, 4.69) is 10.6 Å². The molecule has 1 aliphatic rings. The zero-order chi connectivity index (χ0) is 29.7. The molecule has 0 aromatic heterocycles. The van der Waals surface area contributed by atoms with Gasteiger partial charge in [-0.2, -0.15) is 18.4 Å². The molecule has 0 bridgehead atoms. The number of para-hydroxylation sites is 1. The number of nitriles is 1. The third-order valence-electron chi connectivity index (χ3n) is 6.71. The fourth-order valence-corrected chi connectivity index (χ4v) is 4.92. The van der Waals surface area contributed by atoms with Crippen LogP contribution in [0.1, 0.15) is 36.3 Å². The minimum Gasteiger partial charge on any atom is -0.369 e. The highest BCUT2D eigenvalue weighted by atomic mass is 19.4. The molecule has 1 heterocycles. The number of nitrogens with zero attached hydrogens (tertiary/aromatic N) is 2. The van der Waals surface area contributed by atoms with Crippen LogP contribution in [0.15, 0.2) is 72.8 Å². The van der Waals surface area contributed by atoms with Gasteiger partial charge >= 0.3 is 6.18 Å². The topological polar surface area (TPSA) is 128 Å². The number of primary amides is 1. The summed E-state index contributed by atoms with van der Waals surface area (Å²) in [6.07, 6.45) is -8.42. The van der Waals surface area contributed by atoms with E-state index in [1.807, 2.05) is 6.07 Å². The van der Waals surface area contributed by atoms with Gasteiger partial charge in [-0.05, 0) is 42.3 Å². The summed E-state index contributed by atoms with van der Waals surface area (Å²) in [7, 11) is 0. The Labute approximate surface area is 232 Å². The second-order valence-electron chi connectivity index (χ2n) is 9.49. The van der Waals surface area contributed by atoms with E-state index in [0.717, 1.165) is 6.07 Å². The largest absolute Gasteiger partial charge is 0.389 e. The first-order chi connectivity index (χ1) is 19.5. The molecule has 4 rings (SSSR count). The van der Waals surface area contributed by atoms with Gasteiger partial charge in [0, 0.05) is 12.1 Å². The monoisotopic (exact) mass is 567 g/mol. The summed E-state index contributed by atoms with van der Waals surface area (Å²) in [6.45, 7) is 0. The fraction of sp³-hybridized carbons (Fsp3) is 0.241. The molecule has 0 spiro atoms. The Hall–Kier alpha value is -4.92. The number of rotatable bonds is 8. The molecule has 3 atom stereocenters. The standard InChI is InChI=1S/C29H25F4N5O3/c30-21-10-5-11-22-26(21)37-24(39)15-23(38(22)19-9-4-6-17(14-19)16-34)36-28(41)20(12-13-29(31,32)33)25(27(35)40)18-7-2-1-3-8-18/h1-11,14,20,23,25H,12-13,15H2,(H2,35,40)(H,36,41)(H,37,39)/t20-,23?,25+/m1/s1. The molecule has 212 valence electrons. The maximum atomic E-state index is 14.8. The van der Waals surface area contributed by atoms with E-state index in [1.54, 1.807) is 30.3 Å². The van der Waals surface area contributed by atoms with Gasteiger partial charge in [0.25, 0.3) is 0 Å². The molecule has 1 aliphatic heterocycles. The lowest BCUT2D eigenvalue weighted by Gasteiger charge is -2.35. The van der Waals surface area contributed by atoms with Crippen molar-refractivity contribution < 1.29 is 31.9 Å². The molecule has 1 unspecified atom stereocenters. The zero-order valence-electron chi connectivity index (χ0n) is 21.5. The van der Waals surface area contributed by atoms with Crippen molar-refractivity contribution in [2.75, 3.05) is 10.2 Å². The van der Waals surface area contributed by atoms with Crippen LogP contribution in [0.2, 0.25) is 0 Å². The number of halogens is 4. The van der Waals surface area contributed by atoms with E-state index in [-0.39, 0.29) is 22.5 Å². The first kappa shape index (κ1) is 29.1. The molecule has 0 saturated heterocycles. The highest BCUT2D eigenvalue weighted by Crippen LogP contribution is 2.39. The number of anilines is 3. The average molecular weight is 568 g/mol.